The monoisotopic (exact) mass is 385 g/mol. The number of ketones is 1. The van der Waals surface area contributed by atoms with Gasteiger partial charge in [0.25, 0.3) is 0 Å². The number of carbonyl (C=O) groups is 2. The van der Waals surface area contributed by atoms with Crippen LogP contribution in [0.2, 0.25) is 10.0 Å². The Labute approximate surface area is 160 Å². The number of halogens is 2. The summed E-state index contributed by atoms with van der Waals surface area (Å²) in [5.41, 5.74) is 1.04. The molecule has 0 atom stereocenters. The number of aryl methyl sites for hydroxylation is 1. The van der Waals surface area contributed by atoms with Gasteiger partial charge in [-0.1, -0.05) is 41.4 Å². The maximum Gasteiger partial charge on any atom is 0.346 e. The van der Waals surface area contributed by atoms with E-state index in [1.165, 1.54) is 18.3 Å². The second-order valence-corrected chi connectivity index (χ2v) is 6.41. The normalized spacial score (nSPS) is 10.4. The van der Waals surface area contributed by atoms with Gasteiger partial charge >= 0.3 is 5.97 Å². The highest BCUT2D eigenvalue weighted by molar-refractivity contribution is 6.31. The molecule has 1 heterocycles. The molecule has 0 spiro atoms. The maximum atomic E-state index is 12.8. The predicted octanol–water partition coefficient (Wildman–Crippen LogP) is 5.15. The number of hydrogen-bond donors (Lipinski definition) is 0. The topological polar surface area (TPSA) is 56.3 Å². The van der Waals surface area contributed by atoms with Crippen molar-refractivity contribution in [1.29, 1.82) is 0 Å². The van der Waals surface area contributed by atoms with E-state index in [-0.39, 0.29) is 17.0 Å². The Balaban J connectivity index is 1.99. The van der Waals surface area contributed by atoms with Crippen molar-refractivity contribution in [2.24, 2.45) is 0 Å². The molecule has 0 saturated heterocycles. The van der Waals surface area contributed by atoms with Gasteiger partial charge in [-0.3, -0.25) is 9.78 Å². The van der Waals surface area contributed by atoms with E-state index in [2.05, 4.69) is 4.98 Å². The molecule has 0 unspecified atom stereocenters. The molecule has 0 N–H and O–H groups in total. The van der Waals surface area contributed by atoms with Crippen LogP contribution in [-0.4, -0.2) is 16.7 Å². The smallest absolute Gasteiger partial charge is 0.346 e. The zero-order valence-electron chi connectivity index (χ0n) is 13.7. The summed E-state index contributed by atoms with van der Waals surface area (Å²) in [6.45, 7) is 1.71. The molecule has 0 aliphatic heterocycles. The molecule has 0 aliphatic carbocycles. The Hall–Kier alpha value is -2.69. The highest BCUT2D eigenvalue weighted by Crippen LogP contribution is 2.22. The molecule has 3 rings (SSSR count). The lowest BCUT2D eigenvalue weighted by Gasteiger charge is -2.11. The zero-order chi connectivity index (χ0) is 18.7. The van der Waals surface area contributed by atoms with Crippen LogP contribution in [0.3, 0.4) is 0 Å². The molecule has 0 bridgehead atoms. The summed E-state index contributed by atoms with van der Waals surface area (Å²) >= 11 is 11.9. The van der Waals surface area contributed by atoms with Gasteiger partial charge in [0.05, 0.1) is 5.56 Å². The lowest BCUT2D eigenvalue weighted by Crippen LogP contribution is -2.18. The third-order valence-electron chi connectivity index (χ3n) is 3.67. The van der Waals surface area contributed by atoms with Gasteiger partial charge in [0, 0.05) is 21.8 Å². The second kappa shape index (κ2) is 7.68. The fourth-order valence-electron chi connectivity index (χ4n) is 2.44. The molecule has 0 amide bonds. The van der Waals surface area contributed by atoms with Crippen molar-refractivity contribution in [3.05, 3.63) is 93.2 Å². The molecule has 4 nitrogen and oxygen atoms in total. The standard InChI is InChI=1S/C20H13Cl2NO3/c1-12-8-9-23-18(19(24)13-4-2-5-14(21)10-13)17(12)20(25)26-16-7-3-6-15(22)11-16/h2-11H,1H3. The Bertz CT molecular complexity index is 1000. The maximum absolute atomic E-state index is 12.8. The minimum atomic E-state index is -0.678. The van der Waals surface area contributed by atoms with E-state index in [0.29, 0.717) is 21.2 Å². The molecule has 0 radical (unpaired) electrons. The number of carbonyl (C=O) groups excluding carboxylic acids is 2. The van der Waals surface area contributed by atoms with E-state index in [9.17, 15) is 9.59 Å². The fraction of sp³-hybridized carbons (Fsp3) is 0.0500. The van der Waals surface area contributed by atoms with Gasteiger partial charge in [0.2, 0.25) is 5.78 Å². The number of aromatic nitrogens is 1. The quantitative estimate of drug-likeness (QED) is 0.354. The minimum absolute atomic E-state index is 0.0132. The number of rotatable bonds is 4. The van der Waals surface area contributed by atoms with Crippen LogP contribution in [0.15, 0.2) is 60.8 Å². The van der Waals surface area contributed by atoms with Crippen molar-refractivity contribution in [1.82, 2.24) is 4.98 Å². The molecule has 3 aromatic rings. The van der Waals surface area contributed by atoms with Crippen molar-refractivity contribution in [3.8, 4) is 5.75 Å². The summed E-state index contributed by atoms with van der Waals surface area (Å²) in [5.74, 6) is -0.801. The summed E-state index contributed by atoms with van der Waals surface area (Å²) in [5, 5.41) is 0.861. The van der Waals surface area contributed by atoms with Crippen molar-refractivity contribution >= 4 is 35.0 Å². The largest absolute Gasteiger partial charge is 0.423 e. The third-order valence-corrected chi connectivity index (χ3v) is 4.14. The SMILES string of the molecule is Cc1ccnc(C(=O)c2cccc(Cl)c2)c1C(=O)Oc1cccc(Cl)c1. The molecule has 0 fully saturated rings. The molecule has 26 heavy (non-hydrogen) atoms. The minimum Gasteiger partial charge on any atom is -0.423 e. The van der Waals surface area contributed by atoms with Gasteiger partial charge in [-0.15, -0.1) is 0 Å². The van der Waals surface area contributed by atoms with E-state index < -0.39 is 11.8 Å². The van der Waals surface area contributed by atoms with E-state index in [0.717, 1.165) is 0 Å². The number of esters is 1. The molecule has 2 aromatic carbocycles. The number of ether oxygens (including phenoxy) is 1. The van der Waals surface area contributed by atoms with Crippen LogP contribution in [0.25, 0.3) is 0 Å². The van der Waals surface area contributed by atoms with Crippen LogP contribution in [-0.2, 0) is 0 Å². The van der Waals surface area contributed by atoms with Gasteiger partial charge in [-0.25, -0.2) is 4.79 Å². The molecular weight excluding hydrogens is 373 g/mol. The molecule has 6 heteroatoms. The Morgan fingerprint density at radius 1 is 0.962 bits per heavy atom. The summed E-state index contributed by atoms with van der Waals surface area (Å²) in [7, 11) is 0. The molecule has 130 valence electrons. The molecule has 1 aromatic heterocycles. The van der Waals surface area contributed by atoms with Crippen LogP contribution >= 0.6 is 23.2 Å². The first-order valence-corrected chi connectivity index (χ1v) is 8.45. The summed E-state index contributed by atoms with van der Waals surface area (Å²) in [6, 6.07) is 14.6. The average molecular weight is 386 g/mol. The van der Waals surface area contributed by atoms with Crippen LogP contribution < -0.4 is 4.74 Å². The highest BCUT2D eigenvalue weighted by Gasteiger charge is 2.23. The van der Waals surface area contributed by atoms with E-state index in [1.807, 2.05) is 0 Å². The van der Waals surface area contributed by atoms with Crippen molar-refractivity contribution in [3.63, 3.8) is 0 Å². The summed E-state index contributed by atoms with van der Waals surface area (Å²) in [4.78, 5) is 29.6. The van der Waals surface area contributed by atoms with Crippen LogP contribution in [0, 0.1) is 6.92 Å². The number of benzene rings is 2. The van der Waals surface area contributed by atoms with Gasteiger partial charge < -0.3 is 4.74 Å². The van der Waals surface area contributed by atoms with Crippen molar-refractivity contribution < 1.29 is 14.3 Å². The van der Waals surface area contributed by atoms with Gasteiger partial charge in [-0.05, 0) is 48.9 Å². The van der Waals surface area contributed by atoms with Crippen LogP contribution in [0.1, 0.15) is 32.0 Å². The second-order valence-electron chi connectivity index (χ2n) is 5.54. The first-order chi connectivity index (χ1) is 12.5. The van der Waals surface area contributed by atoms with Gasteiger partial charge in [0.15, 0.2) is 0 Å². The summed E-state index contributed by atoms with van der Waals surface area (Å²) < 4.78 is 5.37. The number of pyridine rings is 1. The average Bonchev–Trinajstić information content (AvgIpc) is 2.60. The fourth-order valence-corrected chi connectivity index (χ4v) is 2.81. The zero-order valence-corrected chi connectivity index (χ0v) is 15.2. The first-order valence-electron chi connectivity index (χ1n) is 7.69. The van der Waals surface area contributed by atoms with E-state index >= 15 is 0 Å². The molecule has 0 saturated carbocycles. The van der Waals surface area contributed by atoms with Crippen LogP contribution in [0.4, 0.5) is 0 Å². The van der Waals surface area contributed by atoms with E-state index in [1.54, 1.807) is 49.4 Å². The van der Waals surface area contributed by atoms with Gasteiger partial charge in [0.1, 0.15) is 11.4 Å². The Morgan fingerprint density at radius 3 is 2.35 bits per heavy atom. The third kappa shape index (κ3) is 3.93. The Morgan fingerprint density at radius 2 is 1.65 bits per heavy atom. The van der Waals surface area contributed by atoms with Crippen molar-refractivity contribution in [2.75, 3.05) is 0 Å². The molecule has 0 aliphatic rings. The predicted molar refractivity (Wildman–Crippen MR) is 100 cm³/mol. The Kier molecular flexibility index (Phi) is 5.35. The molecular formula is C20H13Cl2NO3. The summed E-state index contributed by atoms with van der Waals surface area (Å²) in [6.07, 6.45) is 1.48. The van der Waals surface area contributed by atoms with Gasteiger partial charge in [-0.2, -0.15) is 0 Å². The first kappa shape index (κ1) is 18.1. The van der Waals surface area contributed by atoms with Crippen molar-refractivity contribution in [2.45, 2.75) is 6.92 Å². The highest BCUT2D eigenvalue weighted by atomic mass is 35.5. The lowest BCUT2D eigenvalue weighted by atomic mass is 10.0. The lowest BCUT2D eigenvalue weighted by molar-refractivity contribution is 0.0729. The number of nitrogens with zero attached hydrogens (tertiary/aromatic N) is 1. The number of hydrogen-bond acceptors (Lipinski definition) is 4. The van der Waals surface area contributed by atoms with E-state index in [4.69, 9.17) is 27.9 Å². The van der Waals surface area contributed by atoms with Crippen LogP contribution in [0.5, 0.6) is 5.75 Å².